The summed E-state index contributed by atoms with van der Waals surface area (Å²) in [4.78, 5) is 23.6. The van der Waals surface area contributed by atoms with Crippen molar-refractivity contribution in [1.29, 1.82) is 0 Å². The third-order valence-electron chi connectivity index (χ3n) is 3.72. The Kier molecular flexibility index (Phi) is 4.49. The molecule has 6 heteroatoms. The van der Waals surface area contributed by atoms with Gasteiger partial charge in [0.2, 0.25) is 0 Å². The van der Waals surface area contributed by atoms with E-state index in [1.807, 2.05) is 37.3 Å². The van der Waals surface area contributed by atoms with Gasteiger partial charge >= 0.3 is 5.97 Å². The van der Waals surface area contributed by atoms with E-state index in [0.29, 0.717) is 6.42 Å². The molecule has 0 aromatic heterocycles. The molecule has 1 amide bonds. The molecule has 1 saturated carbocycles. The Balaban J connectivity index is 1.80. The average Bonchev–Trinajstić information content (AvgIpc) is 2.97. The number of ether oxygens (including phenoxy) is 1. The van der Waals surface area contributed by atoms with Gasteiger partial charge in [-0.1, -0.05) is 30.3 Å². The van der Waals surface area contributed by atoms with Crippen molar-refractivity contribution in [1.82, 2.24) is 5.32 Å². The van der Waals surface area contributed by atoms with Gasteiger partial charge in [0.1, 0.15) is 9.75 Å². The highest BCUT2D eigenvalue weighted by Gasteiger charge is 2.69. The highest BCUT2D eigenvalue weighted by Crippen LogP contribution is 2.64. The van der Waals surface area contributed by atoms with Crippen molar-refractivity contribution < 1.29 is 14.3 Å². The normalized spacial score (nSPS) is 24.0. The summed E-state index contributed by atoms with van der Waals surface area (Å²) in [6, 6.07) is 9.36. The summed E-state index contributed by atoms with van der Waals surface area (Å²) in [6.07, 6.45) is 0.337. The molecule has 1 aromatic carbocycles. The van der Waals surface area contributed by atoms with Gasteiger partial charge in [0.05, 0.1) is 6.04 Å². The largest absolute Gasteiger partial charge is 0.455 e. The smallest absolute Gasteiger partial charge is 0.315 e. The number of amides is 1. The summed E-state index contributed by atoms with van der Waals surface area (Å²) in [7, 11) is 0. The van der Waals surface area contributed by atoms with Crippen LogP contribution in [0, 0.1) is 5.41 Å². The maximum atomic E-state index is 11.8. The van der Waals surface area contributed by atoms with E-state index in [2.05, 4.69) is 5.32 Å². The van der Waals surface area contributed by atoms with Crippen LogP contribution in [0.15, 0.2) is 30.3 Å². The molecule has 1 aromatic rings. The fourth-order valence-electron chi connectivity index (χ4n) is 2.02. The third-order valence-corrected chi connectivity index (χ3v) is 4.82. The summed E-state index contributed by atoms with van der Waals surface area (Å²) in [5.41, 5.74) is 0.0633. The Morgan fingerprint density at radius 2 is 1.90 bits per heavy atom. The van der Waals surface area contributed by atoms with E-state index in [9.17, 15) is 9.59 Å². The zero-order valence-electron chi connectivity index (χ0n) is 11.9. The predicted molar refractivity (Wildman–Crippen MR) is 81.1 cm³/mol. The van der Waals surface area contributed by atoms with Gasteiger partial charge in [-0.05, 0) is 19.4 Å². The Labute approximate surface area is 133 Å². The van der Waals surface area contributed by atoms with E-state index >= 15 is 0 Å². The molecule has 0 radical (unpaired) electrons. The molecule has 0 unspecified atom stereocenters. The fraction of sp³-hybridized carbons (Fsp3) is 0.467. The van der Waals surface area contributed by atoms with Crippen LogP contribution < -0.4 is 5.32 Å². The quantitative estimate of drug-likeness (QED) is 0.667. The summed E-state index contributed by atoms with van der Waals surface area (Å²) >= 11 is 11.8. The van der Waals surface area contributed by atoms with Crippen molar-refractivity contribution in [2.45, 2.75) is 30.6 Å². The molecule has 4 nitrogen and oxygen atoms in total. The maximum Gasteiger partial charge on any atom is 0.315 e. The van der Waals surface area contributed by atoms with E-state index in [1.54, 1.807) is 6.92 Å². The Morgan fingerprint density at radius 1 is 1.33 bits per heavy atom. The number of carbonyl (C=O) groups is 2. The van der Waals surface area contributed by atoms with E-state index in [1.165, 1.54) is 0 Å². The number of rotatable bonds is 5. The third kappa shape index (κ3) is 3.50. The van der Waals surface area contributed by atoms with Crippen LogP contribution in [-0.4, -0.2) is 22.8 Å². The topological polar surface area (TPSA) is 55.4 Å². The van der Waals surface area contributed by atoms with Gasteiger partial charge in [0.25, 0.3) is 5.91 Å². The molecule has 2 rings (SSSR count). The molecule has 1 N–H and O–H groups in total. The van der Waals surface area contributed by atoms with Crippen LogP contribution in [0.25, 0.3) is 0 Å². The van der Waals surface area contributed by atoms with E-state index < -0.39 is 15.7 Å². The summed E-state index contributed by atoms with van der Waals surface area (Å²) in [5, 5.41) is 2.76. The fourth-order valence-corrected chi connectivity index (χ4v) is 2.71. The SMILES string of the molecule is C[C@@H](NC(=O)COC(=O)[C@]1(C)CC1(Cl)Cl)c1ccccc1. The predicted octanol–water partition coefficient (Wildman–Crippen LogP) is 2.99. The number of nitrogens with one attached hydrogen (secondary N) is 1. The first-order valence-electron chi connectivity index (χ1n) is 6.66. The second-order valence-corrected chi connectivity index (χ2v) is 6.97. The second-order valence-electron chi connectivity index (χ2n) is 5.49. The molecule has 1 aliphatic rings. The monoisotopic (exact) mass is 329 g/mol. The van der Waals surface area contributed by atoms with E-state index in [-0.39, 0.29) is 18.6 Å². The van der Waals surface area contributed by atoms with Crippen LogP contribution in [0.4, 0.5) is 0 Å². The zero-order chi connectivity index (χ0) is 15.7. The van der Waals surface area contributed by atoms with Gasteiger partial charge in [-0.25, -0.2) is 0 Å². The number of hydrogen-bond donors (Lipinski definition) is 1. The highest BCUT2D eigenvalue weighted by atomic mass is 35.5. The Bertz CT molecular complexity index is 547. The molecular formula is C15H17Cl2NO3. The number of hydrogen-bond acceptors (Lipinski definition) is 3. The van der Waals surface area contributed by atoms with Gasteiger partial charge < -0.3 is 10.1 Å². The maximum absolute atomic E-state index is 11.8. The van der Waals surface area contributed by atoms with Crippen LogP contribution in [0.5, 0.6) is 0 Å². The van der Waals surface area contributed by atoms with E-state index in [0.717, 1.165) is 5.56 Å². The molecule has 0 heterocycles. The van der Waals surface area contributed by atoms with Crippen molar-refractivity contribution in [2.75, 3.05) is 6.61 Å². The summed E-state index contributed by atoms with van der Waals surface area (Å²) in [5.74, 6) is -0.909. The van der Waals surface area contributed by atoms with Crippen LogP contribution >= 0.6 is 23.2 Å². The molecule has 114 valence electrons. The molecular weight excluding hydrogens is 313 g/mol. The number of esters is 1. The van der Waals surface area contributed by atoms with Crippen molar-refractivity contribution in [3.8, 4) is 0 Å². The second kappa shape index (κ2) is 5.85. The standard InChI is InChI=1S/C15H17Cl2NO3/c1-10(11-6-4-3-5-7-11)18-12(19)8-21-13(20)14(2)9-15(14,16)17/h3-7,10H,8-9H2,1-2H3,(H,18,19)/t10-,14+/m1/s1. The Hall–Kier alpha value is -1.26. The molecule has 0 saturated heterocycles. The van der Waals surface area contributed by atoms with Crippen molar-refractivity contribution in [2.24, 2.45) is 5.41 Å². The molecule has 0 bridgehead atoms. The lowest BCUT2D eigenvalue weighted by Crippen LogP contribution is -2.33. The number of alkyl halides is 2. The minimum Gasteiger partial charge on any atom is -0.455 e. The van der Waals surface area contributed by atoms with Crippen LogP contribution in [-0.2, 0) is 14.3 Å². The van der Waals surface area contributed by atoms with Gasteiger partial charge in [-0.2, -0.15) is 0 Å². The van der Waals surface area contributed by atoms with Crippen molar-refractivity contribution in [3.05, 3.63) is 35.9 Å². The molecule has 21 heavy (non-hydrogen) atoms. The minimum absolute atomic E-state index is 0.158. The number of benzene rings is 1. The van der Waals surface area contributed by atoms with Crippen LogP contribution in [0.3, 0.4) is 0 Å². The molecule has 1 fully saturated rings. The first kappa shape index (κ1) is 16.1. The number of halogens is 2. The molecule has 1 aliphatic carbocycles. The summed E-state index contributed by atoms with van der Waals surface area (Å²) in [6.45, 7) is 3.15. The van der Waals surface area contributed by atoms with Gasteiger partial charge in [-0.3, -0.25) is 9.59 Å². The molecule has 2 atom stereocenters. The van der Waals surface area contributed by atoms with Crippen molar-refractivity contribution in [3.63, 3.8) is 0 Å². The minimum atomic E-state index is -1.09. The summed E-state index contributed by atoms with van der Waals surface area (Å²) < 4.78 is 3.90. The average molecular weight is 330 g/mol. The van der Waals surface area contributed by atoms with Gasteiger partial charge in [-0.15, -0.1) is 23.2 Å². The Morgan fingerprint density at radius 3 is 2.43 bits per heavy atom. The molecule has 0 spiro atoms. The van der Waals surface area contributed by atoms with Crippen molar-refractivity contribution >= 4 is 35.1 Å². The van der Waals surface area contributed by atoms with Gasteiger partial charge in [0, 0.05) is 6.42 Å². The van der Waals surface area contributed by atoms with Crippen LogP contribution in [0.1, 0.15) is 31.9 Å². The van der Waals surface area contributed by atoms with Gasteiger partial charge in [0.15, 0.2) is 6.61 Å². The molecule has 0 aliphatic heterocycles. The lowest BCUT2D eigenvalue weighted by Gasteiger charge is -2.15. The first-order chi connectivity index (χ1) is 9.76. The van der Waals surface area contributed by atoms with Crippen LogP contribution in [0.2, 0.25) is 0 Å². The first-order valence-corrected chi connectivity index (χ1v) is 7.41. The highest BCUT2D eigenvalue weighted by molar-refractivity contribution is 6.53. The van der Waals surface area contributed by atoms with E-state index in [4.69, 9.17) is 27.9 Å². The lowest BCUT2D eigenvalue weighted by molar-refractivity contribution is -0.153. The lowest BCUT2D eigenvalue weighted by atomic mass is 10.1. The zero-order valence-corrected chi connectivity index (χ0v) is 13.4. The number of carbonyl (C=O) groups excluding carboxylic acids is 2.